The Hall–Kier alpha value is -0.980. The molecule has 6 heteroatoms. The summed E-state index contributed by atoms with van der Waals surface area (Å²) in [5.74, 6) is -0.363. The number of benzene rings is 1. The highest BCUT2D eigenvalue weighted by Crippen LogP contribution is 2.18. The van der Waals surface area contributed by atoms with Crippen molar-refractivity contribution in [3.63, 3.8) is 0 Å². The molecule has 122 valence electrons. The maximum atomic E-state index is 13.8. The van der Waals surface area contributed by atoms with Gasteiger partial charge in [-0.25, -0.2) is 4.39 Å². The van der Waals surface area contributed by atoms with E-state index in [1.165, 1.54) is 6.07 Å². The maximum absolute atomic E-state index is 13.8. The van der Waals surface area contributed by atoms with Crippen molar-refractivity contribution in [2.24, 2.45) is 0 Å². The van der Waals surface area contributed by atoms with Crippen LogP contribution < -0.4 is 5.32 Å². The molecule has 0 aliphatic heterocycles. The highest BCUT2D eigenvalue weighted by Gasteiger charge is 2.19. The van der Waals surface area contributed by atoms with Crippen LogP contribution in [-0.4, -0.2) is 41.7 Å². The summed E-state index contributed by atoms with van der Waals surface area (Å²) in [5, 5.41) is 12.2. The fourth-order valence-corrected chi connectivity index (χ4v) is 3.22. The van der Waals surface area contributed by atoms with Crippen molar-refractivity contribution in [1.82, 2.24) is 10.2 Å². The van der Waals surface area contributed by atoms with E-state index in [2.05, 4.69) is 21.2 Å². The first-order valence-corrected chi connectivity index (χ1v) is 8.44. The number of hydrogen-bond acceptors (Lipinski definition) is 3. The van der Waals surface area contributed by atoms with Crippen molar-refractivity contribution >= 4 is 21.8 Å². The van der Waals surface area contributed by atoms with Gasteiger partial charge in [-0.1, -0.05) is 28.8 Å². The molecule has 1 fully saturated rings. The summed E-state index contributed by atoms with van der Waals surface area (Å²) in [6.45, 7) is 0.739. The van der Waals surface area contributed by atoms with E-state index in [1.807, 2.05) is 0 Å². The quantitative estimate of drug-likeness (QED) is 0.772. The van der Waals surface area contributed by atoms with E-state index in [1.54, 1.807) is 17.0 Å². The minimum atomic E-state index is -0.303. The van der Waals surface area contributed by atoms with Gasteiger partial charge in [0.2, 0.25) is 5.91 Å². The predicted molar refractivity (Wildman–Crippen MR) is 86.9 cm³/mol. The Morgan fingerprint density at radius 1 is 1.41 bits per heavy atom. The Balaban J connectivity index is 1.93. The molecule has 1 aliphatic carbocycles. The number of amides is 1. The Kier molecular flexibility index (Phi) is 6.79. The van der Waals surface area contributed by atoms with Gasteiger partial charge in [-0.15, -0.1) is 0 Å². The lowest BCUT2D eigenvalue weighted by molar-refractivity contribution is -0.123. The van der Waals surface area contributed by atoms with Crippen molar-refractivity contribution < 1.29 is 14.3 Å². The molecule has 0 radical (unpaired) electrons. The highest BCUT2D eigenvalue weighted by atomic mass is 79.9. The largest absolute Gasteiger partial charge is 0.395 e. The van der Waals surface area contributed by atoms with Crippen LogP contribution in [0.2, 0.25) is 0 Å². The van der Waals surface area contributed by atoms with Crippen molar-refractivity contribution in [2.75, 3.05) is 19.7 Å². The average Bonchev–Trinajstić information content (AvgIpc) is 2.96. The predicted octanol–water partition coefficient (Wildman–Crippen LogP) is 2.44. The third-order valence-corrected chi connectivity index (χ3v) is 4.40. The summed E-state index contributed by atoms with van der Waals surface area (Å²) in [6, 6.07) is 5.01. The van der Waals surface area contributed by atoms with E-state index in [0.29, 0.717) is 18.7 Å². The minimum absolute atomic E-state index is 0.0595. The number of rotatable bonds is 7. The second-order valence-electron chi connectivity index (χ2n) is 5.72. The average molecular weight is 373 g/mol. The van der Waals surface area contributed by atoms with E-state index in [4.69, 9.17) is 5.11 Å². The zero-order valence-corrected chi connectivity index (χ0v) is 14.1. The van der Waals surface area contributed by atoms with Crippen molar-refractivity contribution in [3.8, 4) is 0 Å². The number of nitrogens with zero attached hydrogens (tertiary/aromatic N) is 1. The molecule has 0 spiro atoms. The van der Waals surface area contributed by atoms with Gasteiger partial charge in [0.05, 0.1) is 13.2 Å². The van der Waals surface area contributed by atoms with Gasteiger partial charge in [-0.3, -0.25) is 9.69 Å². The van der Waals surface area contributed by atoms with Gasteiger partial charge in [0.15, 0.2) is 0 Å². The molecule has 1 aliphatic rings. The Bertz CT molecular complexity index is 507. The number of hydrogen-bond donors (Lipinski definition) is 2. The first-order valence-electron chi connectivity index (χ1n) is 7.65. The molecular weight excluding hydrogens is 351 g/mol. The molecule has 0 aromatic heterocycles. The van der Waals surface area contributed by atoms with Crippen LogP contribution in [0.15, 0.2) is 22.7 Å². The lowest BCUT2D eigenvalue weighted by Crippen LogP contribution is -2.41. The molecular formula is C16H22BrFN2O2. The van der Waals surface area contributed by atoms with Gasteiger partial charge in [-0.05, 0) is 31.0 Å². The SMILES string of the molecule is O=C(CN(CCO)Cc1cc(Br)ccc1F)NC1CCCC1. The topological polar surface area (TPSA) is 52.6 Å². The van der Waals surface area contributed by atoms with Crippen LogP contribution in [0, 0.1) is 5.82 Å². The molecule has 0 saturated heterocycles. The van der Waals surface area contributed by atoms with Crippen LogP contribution in [0.3, 0.4) is 0 Å². The van der Waals surface area contributed by atoms with Crippen LogP contribution in [0.1, 0.15) is 31.2 Å². The smallest absolute Gasteiger partial charge is 0.234 e. The first-order chi connectivity index (χ1) is 10.6. The fourth-order valence-electron chi connectivity index (χ4n) is 2.81. The molecule has 1 saturated carbocycles. The zero-order valence-electron chi connectivity index (χ0n) is 12.5. The monoisotopic (exact) mass is 372 g/mol. The molecule has 0 heterocycles. The van der Waals surface area contributed by atoms with E-state index < -0.39 is 0 Å². The number of halogens is 2. The molecule has 0 atom stereocenters. The van der Waals surface area contributed by atoms with Gasteiger partial charge in [-0.2, -0.15) is 0 Å². The molecule has 0 bridgehead atoms. The summed E-state index contributed by atoms with van der Waals surface area (Å²) >= 11 is 3.32. The number of carbonyl (C=O) groups is 1. The molecule has 22 heavy (non-hydrogen) atoms. The standard InChI is InChI=1S/C16H22BrFN2O2/c17-13-5-6-15(18)12(9-13)10-20(7-8-21)11-16(22)19-14-3-1-2-4-14/h5-6,9,14,21H,1-4,7-8,10-11H2,(H,19,22). The summed E-state index contributed by atoms with van der Waals surface area (Å²) in [6.07, 6.45) is 4.39. The van der Waals surface area contributed by atoms with Crippen molar-refractivity contribution in [3.05, 3.63) is 34.1 Å². The molecule has 1 amide bonds. The Morgan fingerprint density at radius 2 is 2.14 bits per heavy atom. The fraction of sp³-hybridized carbons (Fsp3) is 0.562. The molecule has 1 aromatic rings. The van der Waals surface area contributed by atoms with Crippen LogP contribution in [-0.2, 0) is 11.3 Å². The van der Waals surface area contributed by atoms with Crippen LogP contribution >= 0.6 is 15.9 Å². The molecule has 2 rings (SSSR count). The summed E-state index contributed by atoms with van der Waals surface area (Å²) in [4.78, 5) is 13.8. The third-order valence-electron chi connectivity index (χ3n) is 3.91. The zero-order chi connectivity index (χ0) is 15.9. The number of carbonyl (C=O) groups excluding carboxylic acids is 1. The lowest BCUT2D eigenvalue weighted by atomic mass is 10.2. The molecule has 4 nitrogen and oxygen atoms in total. The summed E-state index contributed by atoms with van der Waals surface area (Å²) in [7, 11) is 0. The van der Waals surface area contributed by atoms with Gasteiger partial charge < -0.3 is 10.4 Å². The minimum Gasteiger partial charge on any atom is -0.395 e. The summed E-state index contributed by atoms with van der Waals surface area (Å²) in [5.41, 5.74) is 0.511. The molecule has 1 aromatic carbocycles. The van der Waals surface area contributed by atoms with Crippen molar-refractivity contribution in [2.45, 2.75) is 38.3 Å². The second-order valence-corrected chi connectivity index (χ2v) is 6.63. The van der Waals surface area contributed by atoms with Crippen LogP contribution in [0.5, 0.6) is 0 Å². The van der Waals surface area contributed by atoms with Crippen LogP contribution in [0.25, 0.3) is 0 Å². The third kappa shape index (κ3) is 5.34. The lowest BCUT2D eigenvalue weighted by Gasteiger charge is -2.22. The van der Waals surface area contributed by atoms with Crippen molar-refractivity contribution in [1.29, 1.82) is 0 Å². The van der Waals surface area contributed by atoms with Gasteiger partial charge in [0.25, 0.3) is 0 Å². The Morgan fingerprint density at radius 3 is 2.82 bits per heavy atom. The van der Waals surface area contributed by atoms with Gasteiger partial charge in [0.1, 0.15) is 5.82 Å². The van der Waals surface area contributed by atoms with Crippen LogP contribution in [0.4, 0.5) is 4.39 Å². The highest BCUT2D eigenvalue weighted by molar-refractivity contribution is 9.10. The van der Waals surface area contributed by atoms with E-state index in [9.17, 15) is 9.18 Å². The molecule has 0 unspecified atom stereocenters. The summed E-state index contributed by atoms with van der Waals surface area (Å²) < 4.78 is 14.6. The first kappa shape index (κ1) is 17.4. The number of nitrogens with one attached hydrogen (secondary N) is 1. The van der Waals surface area contributed by atoms with Gasteiger partial charge in [0, 0.05) is 29.2 Å². The second kappa shape index (κ2) is 8.60. The Labute approximate surface area is 138 Å². The van der Waals surface area contributed by atoms with E-state index >= 15 is 0 Å². The number of aliphatic hydroxyl groups is 1. The van der Waals surface area contributed by atoms with E-state index in [-0.39, 0.29) is 30.9 Å². The molecule has 2 N–H and O–H groups in total. The normalized spacial score (nSPS) is 15.5. The maximum Gasteiger partial charge on any atom is 0.234 e. The number of aliphatic hydroxyl groups excluding tert-OH is 1. The van der Waals surface area contributed by atoms with E-state index in [0.717, 1.165) is 30.2 Å². The van der Waals surface area contributed by atoms with Gasteiger partial charge >= 0.3 is 0 Å².